The Morgan fingerprint density at radius 2 is 1.93 bits per heavy atom. The molecular weight excluding hydrogens is 202 g/mol. The monoisotopic (exact) mass is 213 g/mol. The lowest BCUT2D eigenvalue weighted by Crippen LogP contribution is -2.48. The number of rotatable bonds is 3. The maximum Gasteiger partial charge on any atom is 0.330 e. The van der Waals surface area contributed by atoms with Crippen LogP contribution in [0.15, 0.2) is 18.2 Å². The van der Waals surface area contributed by atoms with E-state index in [1.54, 1.807) is 0 Å². The Balaban J connectivity index is 3.25. The van der Waals surface area contributed by atoms with Crippen molar-refractivity contribution in [3.8, 4) is 11.5 Å². The van der Waals surface area contributed by atoms with Crippen LogP contribution in [-0.4, -0.2) is 33.0 Å². The van der Waals surface area contributed by atoms with E-state index in [1.165, 1.54) is 6.07 Å². The SMILES string of the molecule is NC(CO)(C(=O)O)c1ccc(O)c(O)c1. The second-order valence-corrected chi connectivity index (χ2v) is 3.14. The maximum absolute atomic E-state index is 10.8. The molecule has 0 aromatic heterocycles. The fourth-order valence-corrected chi connectivity index (χ4v) is 1.08. The van der Waals surface area contributed by atoms with Crippen molar-refractivity contribution < 1.29 is 25.2 Å². The highest BCUT2D eigenvalue weighted by atomic mass is 16.4. The minimum atomic E-state index is -1.98. The molecule has 0 aliphatic carbocycles. The number of hydrogen-bond donors (Lipinski definition) is 5. The molecule has 0 saturated carbocycles. The highest BCUT2D eigenvalue weighted by molar-refractivity contribution is 5.81. The molecule has 0 saturated heterocycles. The summed E-state index contributed by atoms with van der Waals surface area (Å²) in [7, 11) is 0. The molecule has 0 heterocycles. The summed E-state index contributed by atoms with van der Waals surface area (Å²) in [5.74, 6) is -2.29. The first-order valence-electron chi connectivity index (χ1n) is 4.07. The number of carbonyl (C=O) groups is 1. The average molecular weight is 213 g/mol. The Morgan fingerprint density at radius 3 is 2.33 bits per heavy atom. The van der Waals surface area contributed by atoms with Gasteiger partial charge in [-0.05, 0) is 17.7 Å². The lowest BCUT2D eigenvalue weighted by Gasteiger charge is -2.22. The van der Waals surface area contributed by atoms with E-state index in [0.717, 1.165) is 12.1 Å². The largest absolute Gasteiger partial charge is 0.504 e. The normalized spacial score (nSPS) is 14.5. The summed E-state index contributed by atoms with van der Waals surface area (Å²) in [5, 5.41) is 35.9. The number of aliphatic hydroxyl groups is 1. The lowest BCUT2D eigenvalue weighted by molar-refractivity contribution is -0.145. The third kappa shape index (κ3) is 1.85. The van der Waals surface area contributed by atoms with Gasteiger partial charge >= 0.3 is 5.97 Å². The maximum atomic E-state index is 10.8. The van der Waals surface area contributed by atoms with E-state index in [1.807, 2.05) is 0 Å². The summed E-state index contributed by atoms with van der Waals surface area (Å²) in [4.78, 5) is 10.8. The molecular formula is C9H11NO5. The number of nitrogens with two attached hydrogens (primary N) is 1. The molecule has 0 spiro atoms. The molecule has 0 aliphatic heterocycles. The van der Waals surface area contributed by atoms with E-state index in [2.05, 4.69) is 0 Å². The van der Waals surface area contributed by atoms with Crippen LogP contribution in [0.4, 0.5) is 0 Å². The van der Waals surface area contributed by atoms with E-state index in [-0.39, 0.29) is 11.3 Å². The minimum Gasteiger partial charge on any atom is -0.504 e. The van der Waals surface area contributed by atoms with Gasteiger partial charge in [0.2, 0.25) is 0 Å². The molecule has 0 aliphatic rings. The summed E-state index contributed by atoms with van der Waals surface area (Å²) in [6.07, 6.45) is 0. The van der Waals surface area contributed by atoms with Crippen molar-refractivity contribution in [3.63, 3.8) is 0 Å². The Hall–Kier alpha value is -1.79. The molecule has 82 valence electrons. The first kappa shape index (κ1) is 11.3. The molecule has 0 radical (unpaired) electrons. The van der Waals surface area contributed by atoms with Crippen LogP contribution in [0.5, 0.6) is 11.5 Å². The van der Waals surface area contributed by atoms with Gasteiger partial charge in [-0.2, -0.15) is 0 Å². The van der Waals surface area contributed by atoms with Crippen molar-refractivity contribution in [2.45, 2.75) is 5.54 Å². The zero-order chi connectivity index (χ0) is 11.6. The van der Waals surface area contributed by atoms with Crippen LogP contribution >= 0.6 is 0 Å². The zero-order valence-electron chi connectivity index (χ0n) is 7.71. The molecule has 1 aromatic rings. The fourth-order valence-electron chi connectivity index (χ4n) is 1.08. The minimum absolute atomic E-state index is 0.00722. The highest BCUT2D eigenvalue weighted by Gasteiger charge is 2.35. The second-order valence-electron chi connectivity index (χ2n) is 3.14. The van der Waals surface area contributed by atoms with Crippen LogP contribution in [0, 0.1) is 0 Å². The first-order valence-corrected chi connectivity index (χ1v) is 4.07. The quantitative estimate of drug-likeness (QED) is 0.424. The summed E-state index contributed by atoms with van der Waals surface area (Å²) in [6, 6.07) is 3.32. The van der Waals surface area contributed by atoms with E-state index in [9.17, 15) is 4.79 Å². The predicted molar refractivity (Wildman–Crippen MR) is 50.4 cm³/mol. The van der Waals surface area contributed by atoms with Gasteiger partial charge in [0.25, 0.3) is 0 Å². The van der Waals surface area contributed by atoms with Crippen LogP contribution in [0.3, 0.4) is 0 Å². The molecule has 0 bridgehead atoms. The highest BCUT2D eigenvalue weighted by Crippen LogP contribution is 2.29. The number of aromatic hydroxyl groups is 2. The summed E-state index contributed by atoms with van der Waals surface area (Å²) >= 11 is 0. The molecule has 1 aromatic carbocycles. The van der Waals surface area contributed by atoms with Gasteiger partial charge in [-0.15, -0.1) is 0 Å². The van der Waals surface area contributed by atoms with Gasteiger partial charge in [-0.3, -0.25) is 0 Å². The molecule has 15 heavy (non-hydrogen) atoms. The van der Waals surface area contributed by atoms with Crippen LogP contribution in [0.1, 0.15) is 5.56 Å². The summed E-state index contributed by atoms with van der Waals surface area (Å²) in [5.41, 5.74) is 3.46. The molecule has 1 unspecified atom stereocenters. The second kappa shape index (κ2) is 3.76. The van der Waals surface area contributed by atoms with Crippen molar-refractivity contribution in [2.24, 2.45) is 5.73 Å². The van der Waals surface area contributed by atoms with E-state index < -0.39 is 23.9 Å². The number of carboxylic acids is 1. The topological polar surface area (TPSA) is 124 Å². The Kier molecular flexibility index (Phi) is 2.83. The number of aliphatic carboxylic acids is 1. The van der Waals surface area contributed by atoms with Gasteiger partial charge in [0.05, 0.1) is 6.61 Å². The average Bonchev–Trinajstić information content (AvgIpc) is 2.20. The van der Waals surface area contributed by atoms with Gasteiger partial charge in [0.15, 0.2) is 17.0 Å². The number of benzene rings is 1. The van der Waals surface area contributed by atoms with Crippen LogP contribution in [-0.2, 0) is 10.3 Å². The van der Waals surface area contributed by atoms with Crippen molar-refractivity contribution in [1.82, 2.24) is 0 Å². The first-order chi connectivity index (χ1) is 6.91. The van der Waals surface area contributed by atoms with Gasteiger partial charge in [0, 0.05) is 0 Å². The van der Waals surface area contributed by atoms with Gasteiger partial charge in [0.1, 0.15) is 0 Å². The standard InChI is InChI=1S/C9H11NO5/c10-9(4-11,8(14)15)5-1-2-6(12)7(13)3-5/h1-3,11-13H,4,10H2,(H,14,15). The molecule has 0 amide bonds. The molecule has 1 atom stereocenters. The van der Waals surface area contributed by atoms with Gasteiger partial charge in [-0.25, -0.2) is 4.79 Å². The van der Waals surface area contributed by atoms with Crippen molar-refractivity contribution in [2.75, 3.05) is 6.61 Å². The third-order valence-corrected chi connectivity index (χ3v) is 2.12. The number of hydrogen-bond acceptors (Lipinski definition) is 5. The van der Waals surface area contributed by atoms with Gasteiger partial charge < -0.3 is 26.2 Å². The Morgan fingerprint density at radius 1 is 1.33 bits per heavy atom. The predicted octanol–water partition coefficient (Wildman–Crippen LogP) is -0.671. The molecule has 6 N–H and O–H groups in total. The molecule has 0 fully saturated rings. The van der Waals surface area contributed by atoms with Gasteiger partial charge in [-0.1, -0.05) is 6.07 Å². The van der Waals surface area contributed by atoms with Crippen molar-refractivity contribution in [3.05, 3.63) is 23.8 Å². The number of phenols is 2. The molecule has 6 nitrogen and oxygen atoms in total. The number of phenolic OH excluding ortho intramolecular Hbond substituents is 2. The van der Waals surface area contributed by atoms with Crippen LogP contribution in [0.25, 0.3) is 0 Å². The fraction of sp³-hybridized carbons (Fsp3) is 0.222. The summed E-state index contributed by atoms with van der Waals surface area (Å²) < 4.78 is 0. The van der Waals surface area contributed by atoms with E-state index >= 15 is 0 Å². The van der Waals surface area contributed by atoms with E-state index in [0.29, 0.717) is 0 Å². The smallest absolute Gasteiger partial charge is 0.330 e. The Labute approximate surface area is 85.2 Å². The molecule has 1 rings (SSSR count). The lowest BCUT2D eigenvalue weighted by atomic mass is 9.92. The number of carboxylic acid groups (broad SMARTS) is 1. The summed E-state index contributed by atoms with van der Waals surface area (Å²) in [6.45, 7) is -0.813. The zero-order valence-corrected chi connectivity index (χ0v) is 7.71. The molecule has 6 heteroatoms. The van der Waals surface area contributed by atoms with Crippen LogP contribution < -0.4 is 5.73 Å². The number of aliphatic hydroxyl groups excluding tert-OH is 1. The Bertz CT molecular complexity index is 392. The van der Waals surface area contributed by atoms with Crippen molar-refractivity contribution >= 4 is 5.97 Å². The van der Waals surface area contributed by atoms with Crippen molar-refractivity contribution in [1.29, 1.82) is 0 Å². The van der Waals surface area contributed by atoms with Crippen LogP contribution in [0.2, 0.25) is 0 Å². The third-order valence-electron chi connectivity index (χ3n) is 2.12. The van der Waals surface area contributed by atoms with E-state index in [4.69, 9.17) is 26.2 Å².